The molecule has 27 heavy (non-hydrogen) atoms. The Labute approximate surface area is 161 Å². The Morgan fingerprint density at radius 1 is 1.26 bits per heavy atom. The predicted octanol–water partition coefficient (Wildman–Crippen LogP) is 1.89. The van der Waals surface area contributed by atoms with Crippen LogP contribution >= 0.6 is 0 Å². The van der Waals surface area contributed by atoms with Crippen molar-refractivity contribution in [3.05, 3.63) is 17.1 Å². The van der Waals surface area contributed by atoms with E-state index in [2.05, 4.69) is 26.1 Å². The van der Waals surface area contributed by atoms with Crippen molar-refractivity contribution < 1.29 is 9.59 Å². The summed E-state index contributed by atoms with van der Waals surface area (Å²) >= 11 is 0. The Morgan fingerprint density at radius 3 is 2.63 bits per heavy atom. The van der Waals surface area contributed by atoms with Crippen LogP contribution in [0.2, 0.25) is 0 Å². The first-order chi connectivity index (χ1) is 12.7. The van der Waals surface area contributed by atoms with E-state index in [1.165, 1.54) is 0 Å². The normalized spacial score (nSPS) is 22.0. The van der Waals surface area contributed by atoms with E-state index in [-0.39, 0.29) is 23.3 Å². The number of carbonyl (C=O) groups is 2. The topological polar surface area (TPSA) is 101 Å². The number of hydrogen-bond acceptors (Lipinski definition) is 5. The maximum atomic E-state index is 12.3. The summed E-state index contributed by atoms with van der Waals surface area (Å²) in [5.74, 6) is 1.28. The van der Waals surface area contributed by atoms with Crippen molar-refractivity contribution in [2.24, 2.45) is 5.73 Å². The lowest BCUT2D eigenvalue weighted by Gasteiger charge is -2.40. The van der Waals surface area contributed by atoms with Gasteiger partial charge in [-0.1, -0.05) is 27.7 Å². The lowest BCUT2D eigenvalue weighted by molar-refractivity contribution is -0.133. The summed E-state index contributed by atoms with van der Waals surface area (Å²) in [7, 11) is 0. The molecule has 3 rings (SSSR count). The number of amides is 2. The third kappa shape index (κ3) is 3.77. The standard InChI is InChI=1S/C20H31N5O2/c1-5-15(27)25-10-6-8-20(12-25)9-7-13-16(20)23-18(19(2,3)4)24-17(13)22-11-14(21)26/h5-12H2,1-4H3,(H2,21,26)(H,22,23,24). The van der Waals surface area contributed by atoms with Gasteiger partial charge in [0.15, 0.2) is 0 Å². The molecule has 1 aliphatic heterocycles. The number of nitrogens with two attached hydrogens (primary N) is 1. The van der Waals surface area contributed by atoms with Crippen LogP contribution in [0.1, 0.15) is 70.5 Å². The molecule has 0 bridgehead atoms. The first-order valence-corrected chi connectivity index (χ1v) is 9.88. The fourth-order valence-electron chi connectivity index (χ4n) is 4.26. The molecular formula is C20H31N5O2. The Bertz CT molecular complexity index is 755. The van der Waals surface area contributed by atoms with Gasteiger partial charge >= 0.3 is 0 Å². The molecule has 7 heteroatoms. The minimum atomic E-state index is -0.412. The van der Waals surface area contributed by atoms with Crippen LogP contribution in [0.3, 0.4) is 0 Å². The van der Waals surface area contributed by atoms with E-state index in [4.69, 9.17) is 15.7 Å². The van der Waals surface area contributed by atoms with Gasteiger partial charge in [-0.3, -0.25) is 9.59 Å². The highest BCUT2D eigenvalue weighted by atomic mass is 16.2. The number of anilines is 1. The second-order valence-electron chi connectivity index (χ2n) is 8.85. The molecule has 3 N–H and O–H groups in total. The van der Waals surface area contributed by atoms with Gasteiger partial charge in [0.2, 0.25) is 11.8 Å². The number of carbonyl (C=O) groups excluding carboxylic acids is 2. The van der Waals surface area contributed by atoms with Gasteiger partial charge in [-0.15, -0.1) is 0 Å². The maximum absolute atomic E-state index is 12.3. The van der Waals surface area contributed by atoms with E-state index in [0.29, 0.717) is 6.42 Å². The number of nitrogens with one attached hydrogen (secondary N) is 1. The molecule has 1 unspecified atom stereocenters. The molecule has 1 fully saturated rings. The van der Waals surface area contributed by atoms with E-state index >= 15 is 0 Å². The monoisotopic (exact) mass is 373 g/mol. The summed E-state index contributed by atoms with van der Waals surface area (Å²) in [6.45, 7) is 9.78. The lowest BCUT2D eigenvalue weighted by Crippen LogP contribution is -2.48. The molecular weight excluding hydrogens is 342 g/mol. The molecule has 1 aromatic rings. The molecule has 7 nitrogen and oxygen atoms in total. The van der Waals surface area contributed by atoms with Crippen molar-refractivity contribution in [3.63, 3.8) is 0 Å². The Morgan fingerprint density at radius 2 is 2.00 bits per heavy atom. The van der Waals surface area contributed by atoms with Gasteiger partial charge in [0.1, 0.15) is 11.6 Å². The number of piperidine rings is 1. The van der Waals surface area contributed by atoms with E-state index in [1.807, 2.05) is 11.8 Å². The molecule has 0 aromatic carbocycles. The number of nitrogens with zero attached hydrogens (tertiary/aromatic N) is 3. The Balaban J connectivity index is 2.04. The van der Waals surface area contributed by atoms with Gasteiger partial charge < -0.3 is 16.0 Å². The molecule has 1 aromatic heterocycles. The summed E-state index contributed by atoms with van der Waals surface area (Å²) < 4.78 is 0. The zero-order valence-corrected chi connectivity index (χ0v) is 16.9. The third-order valence-corrected chi connectivity index (χ3v) is 5.70. The minimum Gasteiger partial charge on any atom is -0.368 e. The highest BCUT2D eigenvalue weighted by Crippen LogP contribution is 2.46. The molecule has 0 saturated carbocycles. The third-order valence-electron chi connectivity index (χ3n) is 5.70. The van der Waals surface area contributed by atoms with Gasteiger partial charge in [-0.05, 0) is 25.7 Å². The van der Waals surface area contributed by atoms with Crippen LogP contribution in [-0.2, 0) is 26.8 Å². The van der Waals surface area contributed by atoms with Crippen molar-refractivity contribution in [1.29, 1.82) is 0 Å². The quantitative estimate of drug-likeness (QED) is 0.839. The van der Waals surface area contributed by atoms with Gasteiger partial charge in [0, 0.05) is 35.9 Å². The number of hydrogen-bond donors (Lipinski definition) is 2. The average Bonchev–Trinajstić information content (AvgIpc) is 2.96. The number of likely N-dealkylation sites (tertiary alicyclic amines) is 1. The van der Waals surface area contributed by atoms with Crippen molar-refractivity contribution in [2.75, 3.05) is 25.0 Å². The van der Waals surface area contributed by atoms with Crippen molar-refractivity contribution in [1.82, 2.24) is 14.9 Å². The predicted molar refractivity (Wildman–Crippen MR) is 105 cm³/mol. The molecule has 1 saturated heterocycles. The van der Waals surface area contributed by atoms with Gasteiger partial charge in [-0.25, -0.2) is 9.97 Å². The van der Waals surface area contributed by atoms with Gasteiger partial charge in [0.25, 0.3) is 0 Å². The largest absolute Gasteiger partial charge is 0.368 e. The summed E-state index contributed by atoms with van der Waals surface area (Å²) in [5, 5.41) is 3.12. The number of primary amides is 1. The zero-order chi connectivity index (χ0) is 19.8. The molecule has 148 valence electrons. The first kappa shape index (κ1) is 19.6. The highest BCUT2D eigenvalue weighted by molar-refractivity contribution is 5.79. The smallest absolute Gasteiger partial charge is 0.236 e. The number of aromatic nitrogens is 2. The average molecular weight is 374 g/mol. The SMILES string of the molecule is CCC(=O)N1CCCC2(CCc3c(NCC(N)=O)nc(C(C)(C)C)nc32)C1. The molecule has 1 aliphatic carbocycles. The summed E-state index contributed by atoms with van der Waals surface area (Å²) in [4.78, 5) is 35.3. The summed E-state index contributed by atoms with van der Waals surface area (Å²) in [6.07, 6.45) is 4.37. The van der Waals surface area contributed by atoms with Crippen LogP contribution in [0, 0.1) is 0 Å². The maximum Gasteiger partial charge on any atom is 0.236 e. The van der Waals surface area contributed by atoms with Crippen LogP contribution in [0.5, 0.6) is 0 Å². The molecule has 2 aliphatic rings. The van der Waals surface area contributed by atoms with Crippen LogP contribution in [0.4, 0.5) is 5.82 Å². The summed E-state index contributed by atoms with van der Waals surface area (Å²) in [6, 6.07) is 0. The second-order valence-corrected chi connectivity index (χ2v) is 8.85. The van der Waals surface area contributed by atoms with E-state index < -0.39 is 5.91 Å². The Kier molecular flexibility index (Phi) is 5.14. The lowest BCUT2D eigenvalue weighted by atomic mass is 9.77. The van der Waals surface area contributed by atoms with E-state index in [9.17, 15) is 9.59 Å². The van der Waals surface area contributed by atoms with Crippen molar-refractivity contribution in [2.45, 2.75) is 70.6 Å². The number of rotatable bonds is 4. The van der Waals surface area contributed by atoms with Crippen LogP contribution in [0.25, 0.3) is 0 Å². The molecule has 1 atom stereocenters. The molecule has 0 radical (unpaired) electrons. The highest BCUT2D eigenvalue weighted by Gasteiger charge is 2.46. The molecule has 2 heterocycles. The van der Waals surface area contributed by atoms with Gasteiger partial charge in [-0.2, -0.15) is 0 Å². The van der Waals surface area contributed by atoms with E-state index in [0.717, 1.165) is 61.7 Å². The van der Waals surface area contributed by atoms with Gasteiger partial charge in [0.05, 0.1) is 12.2 Å². The minimum absolute atomic E-state index is 0.0560. The van der Waals surface area contributed by atoms with E-state index in [1.54, 1.807) is 0 Å². The fraction of sp³-hybridized carbons (Fsp3) is 0.700. The fourth-order valence-corrected chi connectivity index (χ4v) is 4.26. The molecule has 2 amide bonds. The van der Waals surface area contributed by atoms with Crippen LogP contribution in [0.15, 0.2) is 0 Å². The second kappa shape index (κ2) is 7.09. The van der Waals surface area contributed by atoms with Crippen LogP contribution in [-0.4, -0.2) is 46.3 Å². The molecule has 1 spiro atoms. The van der Waals surface area contributed by atoms with Crippen LogP contribution < -0.4 is 11.1 Å². The summed E-state index contributed by atoms with van der Waals surface area (Å²) in [5.41, 5.74) is 7.14. The number of fused-ring (bicyclic) bond motifs is 2. The Hall–Kier alpha value is -2.18. The van der Waals surface area contributed by atoms with Crippen molar-refractivity contribution in [3.8, 4) is 0 Å². The first-order valence-electron chi connectivity index (χ1n) is 9.88. The van der Waals surface area contributed by atoms with Crippen molar-refractivity contribution >= 4 is 17.6 Å². The zero-order valence-electron chi connectivity index (χ0n) is 16.9.